The average Bonchev–Trinajstić information content (AvgIpc) is 3.04. The first kappa shape index (κ1) is 17.9. The van der Waals surface area contributed by atoms with E-state index in [4.69, 9.17) is 5.10 Å². The fourth-order valence-corrected chi connectivity index (χ4v) is 4.02. The van der Waals surface area contributed by atoms with E-state index in [1.165, 1.54) is 30.8 Å². The van der Waals surface area contributed by atoms with Crippen molar-refractivity contribution in [1.82, 2.24) is 25.1 Å². The molecule has 0 saturated carbocycles. The molecule has 0 atom stereocenters. The molecule has 2 aromatic heterocycles. The first-order chi connectivity index (χ1) is 13.2. The predicted octanol–water partition coefficient (Wildman–Crippen LogP) is 1.33. The quantitative estimate of drug-likeness (QED) is 0.813. The second-order valence-corrected chi connectivity index (χ2v) is 7.31. The lowest BCUT2D eigenvalue weighted by atomic mass is 9.96. The number of hydrogen-bond donors (Lipinski definition) is 1. The van der Waals surface area contributed by atoms with Gasteiger partial charge in [-0.05, 0) is 25.7 Å². The standard InChI is InChI=1S/C19H26N6O2/c1-13-16-11-20-6-3-17(16)25(23-13)12-14-4-7-24(8-5-14)19-21-9-15(10-22-19)18(26)27-2/h9-10,14,20H,3-8,11-12H2,1-2H3. The summed E-state index contributed by atoms with van der Waals surface area (Å²) in [5, 5.41) is 8.23. The van der Waals surface area contributed by atoms with Gasteiger partial charge in [-0.25, -0.2) is 14.8 Å². The van der Waals surface area contributed by atoms with Gasteiger partial charge in [0.05, 0.1) is 18.4 Å². The first-order valence-electron chi connectivity index (χ1n) is 9.57. The van der Waals surface area contributed by atoms with Gasteiger partial charge in [-0.15, -0.1) is 0 Å². The molecule has 8 heteroatoms. The molecule has 1 fully saturated rings. The predicted molar refractivity (Wildman–Crippen MR) is 101 cm³/mol. The minimum absolute atomic E-state index is 0.379. The molecule has 2 aromatic rings. The molecular formula is C19H26N6O2. The summed E-state index contributed by atoms with van der Waals surface area (Å²) < 4.78 is 6.93. The summed E-state index contributed by atoms with van der Waals surface area (Å²) in [6, 6.07) is 0. The van der Waals surface area contributed by atoms with Gasteiger partial charge in [0.15, 0.2) is 0 Å². The number of methoxy groups -OCH3 is 1. The molecule has 1 N–H and O–H groups in total. The molecule has 0 bridgehead atoms. The van der Waals surface area contributed by atoms with E-state index in [1.807, 2.05) is 0 Å². The maximum atomic E-state index is 11.5. The van der Waals surface area contributed by atoms with Crippen LogP contribution in [0, 0.1) is 12.8 Å². The van der Waals surface area contributed by atoms with Crippen LogP contribution in [-0.2, 0) is 24.2 Å². The number of nitrogens with zero attached hydrogens (tertiary/aromatic N) is 5. The Morgan fingerprint density at radius 2 is 2.04 bits per heavy atom. The van der Waals surface area contributed by atoms with E-state index in [-0.39, 0.29) is 0 Å². The van der Waals surface area contributed by atoms with E-state index in [2.05, 4.69) is 36.5 Å². The number of aromatic nitrogens is 4. The molecule has 0 amide bonds. The van der Waals surface area contributed by atoms with Gasteiger partial charge in [-0.3, -0.25) is 4.68 Å². The smallest absolute Gasteiger partial charge is 0.341 e. The van der Waals surface area contributed by atoms with Crippen molar-refractivity contribution in [1.29, 1.82) is 0 Å². The molecule has 0 spiro atoms. The van der Waals surface area contributed by atoms with Gasteiger partial charge < -0.3 is 15.0 Å². The Morgan fingerprint density at radius 1 is 1.30 bits per heavy atom. The number of piperidine rings is 1. The zero-order chi connectivity index (χ0) is 18.8. The molecule has 4 heterocycles. The summed E-state index contributed by atoms with van der Waals surface area (Å²) in [4.78, 5) is 22.3. The van der Waals surface area contributed by atoms with Crippen LogP contribution in [0.1, 0.15) is 40.2 Å². The Labute approximate surface area is 158 Å². The molecule has 2 aliphatic heterocycles. The maximum Gasteiger partial charge on any atom is 0.341 e. The Morgan fingerprint density at radius 3 is 2.74 bits per heavy atom. The van der Waals surface area contributed by atoms with E-state index >= 15 is 0 Å². The number of anilines is 1. The number of esters is 1. The fraction of sp³-hybridized carbons (Fsp3) is 0.579. The van der Waals surface area contributed by atoms with E-state index in [9.17, 15) is 4.79 Å². The highest BCUT2D eigenvalue weighted by atomic mass is 16.5. The molecule has 144 valence electrons. The van der Waals surface area contributed by atoms with Gasteiger partial charge in [0, 0.05) is 62.8 Å². The van der Waals surface area contributed by atoms with Crippen LogP contribution >= 0.6 is 0 Å². The molecule has 8 nitrogen and oxygen atoms in total. The molecule has 27 heavy (non-hydrogen) atoms. The lowest BCUT2D eigenvalue weighted by molar-refractivity contribution is 0.0600. The molecular weight excluding hydrogens is 344 g/mol. The normalized spacial score (nSPS) is 17.6. The molecule has 4 rings (SSSR count). The Bertz CT molecular complexity index is 808. The summed E-state index contributed by atoms with van der Waals surface area (Å²) in [6.45, 7) is 6.93. The van der Waals surface area contributed by atoms with Crippen molar-refractivity contribution in [3.8, 4) is 0 Å². The van der Waals surface area contributed by atoms with Crippen molar-refractivity contribution in [2.75, 3.05) is 31.6 Å². The lowest BCUT2D eigenvalue weighted by Gasteiger charge is -2.32. The Hall–Kier alpha value is -2.48. The van der Waals surface area contributed by atoms with Crippen molar-refractivity contribution >= 4 is 11.9 Å². The highest BCUT2D eigenvalue weighted by Gasteiger charge is 2.24. The van der Waals surface area contributed by atoms with E-state index in [1.54, 1.807) is 0 Å². The number of fused-ring (bicyclic) bond motifs is 1. The minimum Gasteiger partial charge on any atom is -0.465 e. The largest absolute Gasteiger partial charge is 0.465 e. The highest BCUT2D eigenvalue weighted by Crippen LogP contribution is 2.25. The third-order valence-corrected chi connectivity index (χ3v) is 5.60. The zero-order valence-corrected chi connectivity index (χ0v) is 15.9. The van der Waals surface area contributed by atoms with Crippen LogP contribution in [0.25, 0.3) is 0 Å². The van der Waals surface area contributed by atoms with Gasteiger partial charge >= 0.3 is 5.97 Å². The molecule has 0 unspecified atom stereocenters. The van der Waals surface area contributed by atoms with Crippen LogP contribution in [0.15, 0.2) is 12.4 Å². The topological polar surface area (TPSA) is 85.2 Å². The summed E-state index contributed by atoms with van der Waals surface area (Å²) in [5.74, 6) is 0.890. The van der Waals surface area contributed by atoms with Crippen molar-refractivity contribution in [2.45, 2.75) is 39.3 Å². The second kappa shape index (κ2) is 7.64. The molecule has 0 radical (unpaired) electrons. The summed E-state index contributed by atoms with van der Waals surface area (Å²) in [5.41, 5.74) is 4.34. The van der Waals surface area contributed by atoms with Crippen LogP contribution < -0.4 is 10.2 Å². The van der Waals surface area contributed by atoms with Gasteiger partial charge in [0.2, 0.25) is 5.95 Å². The zero-order valence-electron chi connectivity index (χ0n) is 15.9. The summed E-state index contributed by atoms with van der Waals surface area (Å²) in [6.07, 6.45) is 6.32. The molecule has 1 saturated heterocycles. The highest BCUT2D eigenvalue weighted by molar-refractivity contribution is 5.88. The number of rotatable bonds is 4. The average molecular weight is 370 g/mol. The monoisotopic (exact) mass is 370 g/mol. The minimum atomic E-state index is -0.409. The first-order valence-corrected chi connectivity index (χ1v) is 9.57. The van der Waals surface area contributed by atoms with Gasteiger partial charge in [-0.2, -0.15) is 5.10 Å². The van der Waals surface area contributed by atoms with E-state index in [0.29, 0.717) is 17.4 Å². The van der Waals surface area contributed by atoms with E-state index < -0.39 is 5.97 Å². The molecule has 2 aliphatic rings. The summed E-state index contributed by atoms with van der Waals surface area (Å²) in [7, 11) is 1.36. The number of aryl methyl sites for hydroxylation is 1. The van der Waals surface area contributed by atoms with Crippen LogP contribution in [0.2, 0.25) is 0 Å². The van der Waals surface area contributed by atoms with E-state index in [0.717, 1.165) is 57.7 Å². The number of ether oxygens (including phenoxy) is 1. The fourth-order valence-electron chi connectivity index (χ4n) is 4.02. The Kier molecular flexibility index (Phi) is 5.07. The van der Waals surface area contributed by atoms with Crippen LogP contribution in [-0.4, -0.2) is 52.5 Å². The van der Waals surface area contributed by atoms with Gasteiger partial charge in [0.25, 0.3) is 0 Å². The van der Waals surface area contributed by atoms with Crippen molar-refractivity contribution in [3.63, 3.8) is 0 Å². The lowest BCUT2D eigenvalue weighted by Crippen LogP contribution is -2.36. The number of nitrogens with one attached hydrogen (secondary N) is 1. The van der Waals surface area contributed by atoms with Crippen LogP contribution in [0.3, 0.4) is 0 Å². The Balaban J connectivity index is 1.36. The van der Waals surface area contributed by atoms with Crippen LogP contribution in [0.4, 0.5) is 5.95 Å². The molecule has 0 aromatic carbocycles. The number of carbonyl (C=O) groups excluding carboxylic acids is 1. The van der Waals surface area contributed by atoms with Crippen LogP contribution in [0.5, 0.6) is 0 Å². The van der Waals surface area contributed by atoms with Crippen molar-refractivity contribution in [3.05, 3.63) is 34.9 Å². The van der Waals surface area contributed by atoms with Gasteiger partial charge in [-0.1, -0.05) is 0 Å². The maximum absolute atomic E-state index is 11.5. The SMILES string of the molecule is COC(=O)c1cnc(N2CCC(Cn3nc(C)c4c3CCNC4)CC2)nc1. The third kappa shape index (κ3) is 3.66. The number of carbonyl (C=O) groups is 1. The molecule has 0 aliphatic carbocycles. The second-order valence-electron chi connectivity index (χ2n) is 7.31. The third-order valence-electron chi connectivity index (χ3n) is 5.60. The van der Waals surface area contributed by atoms with Gasteiger partial charge in [0.1, 0.15) is 0 Å². The summed E-state index contributed by atoms with van der Waals surface area (Å²) >= 11 is 0. The number of hydrogen-bond acceptors (Lipinski definition) is 7. The van der Waals surface area contributed by atoms with Crippen molar-refractivity contribution in [2.24, 2.45) is 5.92 Å². The van der Waals surface area contributed by atoms with Crippen molar-refractivity contribution < 1.29 is 9.53 Å².